The summed E-state index contributed by atoms with van der Waals surface area (Å²) in [7, 11) is 0. The van der Waals surface area contributed by atoms with E-state index in [4.69, 9.17) is 0 Å². The Labute approximate surface area is 171 Å². The third kappa shape index (κ3) is 4.04. The molecule has 1 fully saturated rings. The molecule has 150 valence electrons. The van der Waals surface area contributed by atoms with Gasteiger partial charge in [-0.25, -0.2) is 0 Å². The number of aromatic amines is 1. The van der Waals surface area contributed by atoms with E-state index in [1.165, 1.54) is 5.56 Å². The number of carbonyl (C=O) groups is 2. The van der Waals surface area contributed by atoms with E-state index in [1.807, 2.05) is 67.4 Å². The lowest BCUT2D eigenvalue weighted by Crippen LogP contribution is -2.42. The average molecular weight is 389 g/mol. The molecule has 0 atom stereocenters. The number of carbonyl (C=O) groups excluding carboxylic acids is 2. The van der Waals surface area contributed by atoms with Crippen LogP contribution in [0.3, 0.4) is 0 Å². The maximum atomic E-state index is 12.8. The Morgan fingerprint density at radius 3 is 2.62 bits per heavy atom. The molecule has 0 aliphatic carbocycles. The summed E-state index contributed by atoms with van der Waals surface area (Å²) >= 11 is 0. The average Bonchev–Trinajstić information content (AvgIpc) is 3.14. The van der Waals surface area contributed by atoms with Crippen molar-refractivity contribution < 1.29 is 9.59 Å². The number of hydrogen-bond donors (Lipinski definition) is 2. The normalized spacial score (nSPS) is 14.9. The van der Waals surface area contributed by atoms with Gasteiger partial charge in [-0.05, 0) is 55.5 Å². The number of H-pyrrole nitrogens is 1. The number of hydrogen-bond acceptors (Lipinski definition) is 2. The van der Waals surface area contributed by atoms with Gasteiger partial charge in [-0.1, -0.05) is 30.3 Å². The van der Waals surface area contributed by atoms with E-state index in [0.717, 1.165) is 27.7 Å². The van der Waals surface area contributed by atoms with Crippen molar-refractivity contribution in [2.75, 3.05) is 18.4 Å². The molecule has 5 nitrogen and oxygen atoms in total. The van der Waals surface area contributed by atoms with Crippen molar-refractivity contribution in [3.63, 3.8) is 0 Å². The summed E-state index contributed by atoms with van der Waals surface area (Å²) in [6, 6.07) is 14.0. The number of amides is 2. The minimum absolute atomic E-state index is 0.0490. The van der Waals surface area contributed by atoms with Crippen LogP contribution in [0.25, 0.3) is 10.9 Å². The molecule has 0 saturated carbocycles. The summed E-state index contributed by atoms with van der Waals surface area (Å²) in [5.74, 6) is 0.137. The van der Waals surface area contributed by atoms with Gasteiger partial charge in [-0.2, -0.15) is 0 Å². The number of benzene rings is 2. The fourth-order valence-corrected chi connectivity index (χ4v) is 4.06. The van der Waals surface area contributed by atoms with E-state index in [0.29, 0.717) is 32.4 Å². The van der Waals surface area contributed by atoms with Gasteiger partial charge in [0, 0.05) is 41.8 Å². The van der Waals surface area contributed by atoms with Crippen molar-refractivity contribution in [3.05, 3.63) is 65.4 Å². The summed E-state index contributed by atoms with van der Waals surface area (Å²) in [4.78, 5) is 30.6. The van der Waals surface area contributed by atoms with Gasteiger partial charge in [0.2, 0.25) is 11.8 Å². The Kier molecular flexibility index (Phi) is 5.38. The first kappa shape index (κ1) is 19.2. The fraction of sp³-hybridized carbons (Fsp3) is 0.333. The summed E-state index contributed by atoms with van der Waals surface area (Å²) in [6.07, 6.45) is 3.73. The number of nitrogens with one attached hydrogen (secondary N) is 2. The zero-order valence-electron chi connectivity index (χ0n) is 17.0. The van der Waals surface area contributed by atoms with Gasteiger partial charge in [-0.15, -0.1) is 0 Å². The van der Waals surface area contributed by atoms with Gasteiger partial charge in [0.25, 0.3) is 0 Å². The maximum Gasteiger partial charge on any atom is 0.227 e. The number of likely N-dealkylation sites (tertiary alicyclic amines) is 1. The Morgan fingerprint density at radius 1 is 1.07 bits per heavy atom. The Morgan fingerprint density at radius 2 is 1.83 bits per heavy atom. The number of rotatable bonds is 4. The van der Waals surface area contributed by atoms with Crippen molar-refractivity contribution in [2.45, 2.75) is 33.1 Å². The number of aryl methyl sites for hydroxylation is 1. The summed E-state index contributed by atoms with van der Waals surface area (Å²) in [6.45, 7) is 5.33. The van der Waals surface area contributed by atoms with Gasteiger partial charge in [0.1, 0.15) is 0 Å². The number of aromatic nitrogens is 1. The Hall–Kier alpha value is -3.08. The van der Waals surface area contributed by atoms with Gasteiger partial charge in [0.05, 0.1) is 6.42 Å². The standard InChI is InChI=1S/C24H27N3O2/c1-16-6-5-9-21(17(16)2)26-24(29)18-10-12-27(13-11-18)23(28)14-19-15-25-22-8-4-3-7-20(19)22/h3-9,15,18,25H,10-14H2,1-2H3,(H,26,29). The zero-order chi connectivity index (χ0) is 20.4. The van der Waals surface area contributed by atoms with Crippen LogP contribution < -0.4 is 5.32 Å². The van der Waals surface area contributed by atoms with Crippen LogP contribution in [0.15, 0.2) is 48.7 Å². The molecule has 29 heavy (non-hydrogen) atoms. The van der Waals surface area contributed by atoms with E-state index < -0.39 is 0 Å². The van der Waals surface area contributed by atoms with Crippen LogP contribution in [0.4, 0.5) is 5.69 Å². The lowest BCUT2D eigenvalue weighted by atomic mass is 9.95. The van der Waals surface area contributed by atoms with Crippen molar-refractivity contribution in [3.8, 4) is 0 Å². The SMILES string of the molecule is Cc1cccc(NC(=O)C2CCN(C(=O)Cc3c[nH]c4ccccc34)CC2)c1C. The second-order valence-corrected chi connectivity index (χ2v) is 7.93. The first-order valence-corrected chi connectivity index (χ1v) is 10.2. The van der Waals surface area contributed by atoms with Crippen LogP contribution in [0.2, 0.25) is 0 Å². The summed E-state index contributed by atoms with van der Waals surface area (Å²) in [5.41, 5.74) is 5.23. The van der Waals surface area contributed by atoms with Crippen molar-refractivity contribution in [1.29, 1.82) is 0 Å². The quantitative estimate of drug-likeness (QED) is 0.702. The third-order valence-corrected chi connectivity index (χ3v) is 6.10. The molecule has 0 radical (unpaired) electrons. The zero-order valence-corrected chi connectivity index (χ0v) is 17.0. The second kappa shape index (κ2) is 8.11. The molecular formula is C24H27N3O2. The molecule has 1 aliphatic heterocycles. The van der Waals surface area contributed by atoms with Gasteiger partial charge in [0.15, 0.2) is 0 Å². The summed E-state index contributed by atoms with van der Waals surface area (Å²) in [5, 5.41) is 4.18. The van der Waals surface area contributed by atoms with Crippen LogP contribution in [-0.4, -0.2) is 34.8 Å². The number of para-hydroxylation sites is 1. The highest BCUT2D eigenvalue weighted by molar-refractivity contribution is 5.94. The number of anilines is 1. The molecule has 1 saturated heterocycles. The van der Waals surface area contributed by atoms with E-state index in [-0.39, 0.29) is 17.7 Å². The second-order valence-electron chi connectivity index (χ2n) is 7.93. The largest absolute Gasteiger partial charge is 0.361 e. The Bertz CT molecular complexity index is 1050. The molecule has 2 amide bonds. The van der Waals surface area contributed by atoms with E-state index in [9.17, 15) is 9.59 Å². The fourth-order valence-electron chi connectivity index (χ4n) is 4.06. The number of fused-ring (bicyclic) bond motifs is 1. The molecule has 4 rings (SSSR count). The summed E-state index contributed by atoms with van der Waals surface area (Å²) < 4.78 is 0. The predicted molar refractivity (Wildman–Crippen MR) is 116 cm³/mol. The molecule has 2 N–H and O–H groups in total. The lowest BCUT2D eigenvalue weighted by molar-refractivity contribution is -0.133. The molecule has 5 heteroatoms. The van der Waals surface area contributed by atoms with Crippen molar-refractivity contribution in [2.24, 2.45) is 5.92 Å². The number of piperidine rings is 1. The van der Waals surface area contributed by atoms with Crippen LogP contribution in [0, 0.1) is 19.8 Å². The van der Waals surface area contributed by atoms with Gasteiger partial charge >= 0.3 is 0 Å². The van der Waals surface area contributed by atoms with E-state index >= 15 is 0 Å². The highest BCUT2D eigenvalue weighted by atomic mass is 16.2. The highest BCUT2D eigenvalue weighted by Gasteiger charge is 2.28. The molecular weight excluding hydrogens is 362 g/mol. The first-order chi connectivity index (χ1) is 14.0. The maximum absolute atomic E-state index is 12.8. The molecule has 0 spiro atoms. The van der Waals surface area contributed by atoms with Gasteiger partial charge in [-0.3, -0.25) is 9.59 Å². The van der Waals surface area contributed by atoms with Crippen LogP contribution >= 0.6 is 0 Å². The lowest BCUT2D eigenvalue weighted by Gasteiger charge is -2.31. The monoisotopic (exact) mass is 389 g/mol. The van der Waals surface area contributed by atoms with E-state index in [2.05, 4.69) is 10.3 Å². The molecule has 2 aromatic carbocycles. The Balaban J connectivity index is 1.33. The smallest absolute Gasteiger partial charge is 0.227 e. The molecule has 1 aromatic heterocycles. The van der Waals surface area contributed by atoms with Crippen LogP contribution in [0.5, 0.6) is 0 Å². The predicted octanol–water partition coefficient (Wildman–Crippen LogP) is 4.20. The molecule has 1 aliphatic rings. The minimum Gasteiger partial charge on any atom is -0.361 e. The molecule has 3 aromatic rings. The highest BCUT2D eigenvalue weighted by Crippen LogP contribution is 2.24. The third-order valence-electron chi connectivity index (χ3n) is 6.10. The first-order valence-electron chi connectivity index (χ1n) is 10.2. The molecule has 2 heterocycles. The van der Waals surface area contributed by atoms with Crippen LogP contribution in [-0.2, 0) is 16.0 Å². The van der Waals surface area contributed by atoms with Gasteiger partial charge < -0.3 is 15.2 Å². The molecule has 0 unspecified atom stereocenters. The molecule has 0 bridgehead atoms. The van der Waals surface area contributed by atoms with Crippen molar-refractivity contribution >= 4 is 28.4 Å². The van der Waals surface area contributed by atoms with Crippen LogP contribution in [0.1, 0.15) is 29.5 Å². The van der Waals surface area contributed by atoms with Crippen molar-refractivity contribution in [1.82, 2.24) is 9.88 Å². The number of nitrogens with zero attached hydrogens (tertiary/aromatic N) is 1. The topological polar surface area (TPSA) is 65.2 Å². The minimum atomic E-state index is -0.0490. The van der Waals surface area contributed by atoms with E-state index in [1.54, 1.807) is 0 Å².